The number of urea groups is 1. The third kappa shape index (κ3) is 7.20. The van der Waals surface area contributed by atoms with E-state index >= 15 is 0 Å². The molecule has 2 amide bonds. The third-order valence-electron chi connectivity index (χ3n) is 19.1. The molecule has 1 N–H and O–H groups in total. The summed E-state index contributed by atoms with van der Waals surface area (Å²) in [5.74, 6) is 0.973. The van der Waals surface area contributed by atoms with Crippen LogP contribution in [0.25, 0.3) is 0 Å². The molecule has 9 nitrogen and oxygen atoms in total. The van der Waals surface area contributed by atoms with E-state index < -0.39 is 11.0 Å². The minimum absolute atomic E-state index is 0.0392. The van der Waals surface area contributed by atoms with Crippen molar-refractivity contribution in [2.45, 2.75) is 164 Å². The van der Waals surface area contributed by atoms with Crippen molar-refractivity contribution in [2.24, 2.45) is 56.7 Å². The Kier molecular flexibility index (Phi) is 11.7. The number of esters is 1. The first-order valence-electron chi connectivity index (χ1n) is 23.8. The van der Waals surface area contributed by atoms with Gasteiger partial charge in [-0.3, -0.25) is 14.4 Å². The number of hydrogen-bond donors (Lipinski definition) is 1. The second-order valence-electron chi connectivity index (χ2n) is 22.9. The van der Waals surface area contributed by atoms with Gasteiger partial charge in [-0.1, -0.05) is 86.0 Å². The van der Waals surface area contributed by atoms with E-state index in [-0.39, 0.29) is 69.4 Å². The fraction of sp³-hybridized carbons (Fsp3) is 0.765. The lowest BCUT2D eigenvalue weighted by Gasteiger charge is -2.72. The number of amides is 2. The summed E-state index contributed by atoms with van der Waals surface area (Å²) in [6.45, 7) is 25.3. The lowest BCUT2D eigenvalue weighted by molar-refractivity contribution is -0.236. The van der Waals surface area contributed by atoms with E-state index in [2.05, 4.69) is 58.7 Å². The van der Waals surface area contributed by atoms with Gasteiger partial charge in [-0.25, -0.2) is 4.79 Å². The fourth-order valence-electron chi connectivity index (χ4n) is 15.4. The molecule has 0 aromatic heterocycles. The van der Waals surface area contributed by atoms with Gasteiger partial charge in [0.25, 0.3) is 6.47 Å². The molecule has 7 aliphatic rings. The Balaban J connectivity index is 1.04. The van der Waals surface area contributed by atoms with Crippen molar-refractivity contribution in [2.75, 3.05) is 26.2 Å². The number of rotatable bonds is 11. The van der Waals surface area contributed by atoms with Crippen molar-refractivity contribution in [3.8, 4) is 0 Å². The maximum Gasteiger partial charge on any atom is 0.318 e. The summed E-state index contributed by atoms with van der Waals surface area (Å²) in [7, 11) is 0. The lowest BCUT2D eigenvalue weighted by Crippen LogP contribution is -2.67. The van der Waals surface area contributed by atoms with Crippen molar-refractivity contribution < 1.29 is 28.7 Å². The molecule has 5 saturated carbocycles. The predicted octanol–water partition coefficient (Wildman–Crippen LogP) is 10.2. The lowest BCUT2D eigenvalue weighted by atomic mass is 9.33. The highest BCUT2D eigenvalue weighted by Gasteiger charge is 2.70. The number of carbonyl (C=O) groups excluding carboxylic acids is 4. The van der Waals surface area contributed by atoms with Crippen LogP contribution in [0.5, 0.6) is 0 Å². The van der Waals surface area contributed by atoms with Gasteiger partial charge in [0.1, 0.15) is 12.2 Å². The largest absolute Gasteiger partial charge is 0.464 e. The van der Waals surface area contributed by atoms with Gasteiger partial charge in [-0.2, -0.15) is 0 Å². The topological polar surface area (TPSA) is 105 Å². The Hall–Kier alpha value is -2.91. The second-order valence-corrected chi connectivity index (χ2v) is 23.4. The SMILES string of the molecule is CC(C)C1=C2[C@H]3CC[C@@H]4[C@@]5(C)CC[C@H](OC(=O)[C@H]6C[C@@H](OC=O)C6(C)C)C(C)(C)[C@@H]5CC[C@@]4(C)[C@]3(C)CC[C@@]2(NC(=O)N(CCN2CCCC2)Cc2ccc(Cl)cc2)CC1=O. The first-order chi connectivity index (χ1) is 28.7. The number of ketones is 1. The molecule has 10 heteroatoms. The van der Waals surface area contributed by atoms with Crippen molar-refractivity contribution in [1.82, 2.24) is 15.1 Å². The molecule has 1 aromatic carbocycles. The van der Waals surface area contributed by atoms with Crippen LogP contribution in [0, 0.1) is 56.7 Å². The molecule has 336 valence electrons. The van der Waals surface area contributed by atoms with Crippen molar-refractivity contribution in [1.29, 1.82) is 0 Å². The zero-order chi connectivity index (χ0) is 43.9. The average Bonchev–Trinajstić information content (AvgIpc) is 3.82. The number of ether oxygens (including phenoxy) is 2. The second kappa shape index (κ2) is 16.0. The number of nitrogens with zero attached hydrogens (tertiary/aromatic N) is 2. The fourth-order valence-corrected chi connectivity index (χ4v) is 15.5. The molecule has 0 spiro atoms. The Morgan fingerprint density at radius 2 is 1.59 bits per heavy atom. The van der Waals surface area contributed by atoms with Crippen LogP contribution in [-0.2, 0) is 30.4 Å². The quantitative estimate of drug-likeness (QED) is 0.175. The van der Waals surface area contributed by atoms with Crippen LogP contribution < -0.4 is 5.32 Å². The highest BCUT2D eigenvalue weighted by Crippen LogP contribution is 2.76. The van der Waals surface area contributed by atoms with Gasteiger partial charge in [-0.05, 0) is 152 Å². The van der Waals surface area contributed by atoms with E-state index in [0.29, 0.717) is 49.3 Å². The van der Waals surface area contributed by atoms with Crippen LogP contribution >= 0.6 is 11.6 Å². The molecule has 10 atom stereocenters. The first kappa shape index (κ1) is 44.7. The van der Waals surface area contributed by atoms with Gasteiger partial charge in [0.15, 0.2) is 5.78 Å². The predicted molar refractivity (Wildman–Crippen MR) is 238 cm³/mol. The van der Waals surface area contributed by atoms with Gasteiger partial charge in [0.2, 0.25) is 0 Å². The summed E-state index contributed by atoms with van der Waals surface area (Å²) >= 11 is 6.27. The molecule has 6 aliphatic carbocycles. The summed E-state index contributed by atoms with van der Waals surface area (Å²) in [6, 6.07) is 7.74. The van der Waals surface area contributed by atoms with Crippen LogP contribution in [0.15, 0.2) is 35.4 Å². The minimum atomic E-state index is -0.674. The van der Waals surface area contributed by atoms with Crippen molar-refractivity contribution in [3.63, 3.8) is 0 Å². The molecular formula is C51H74ClN3O6. The molecule has 61 heavy (non-hydrogen) atoms. The average molecular weight is 861 g/mol. The number of likely N-dealkylation sites (tertiary alicyclic amines) is 1. The number of fused-ring (bicyclic) bond motifs is 7. The van der Waals surface area contributed by atoms with Gasteiger partial charge in [-0.15, -0.1) is 0 Å². The molecular weight excluding hydrogens is 786 g/mol. The van der Waals surface area contributed by atoms with Crippen LogP contribution in [0.4, 0.5) is 4.79 Å². The van der Waals surface area contributed by atoms with E-state index in [4.69, 9.17) is 21.1 Å². The van der Waals surface area contributed by atoms with Crippen LogP contribution in [-0.4, -0.2) is 78.0 Å². The van der Waals surface area contributed by atoms with Gasteiger partial charge in [0.05, 0.1) is 11.5 Å². The van der Waals surface area contributed by atoms with E-state index in [1.807, 2.05) is 43.0 Å². The molecule has 1 aliphatic heterocycles. The molecule has 6 fully saturated rings. The summed E-state index contributed by atoms with van der Waals surface area (Å²) in [5.41, 5.74) is 2.04. The number of benzene rings is 1. The third-order valence-corrected chi connectivity index (χ3v) is 19.4. The Bertz CT molecular complexity index is 1920. The number of Topliss-reactive ketones (excluding diaryl/α,β-unsaturated/α-hetero) is 1. The Morgan fingerprint density at radius 3 is 2.25 bits per heavy atom. The standard InChI is InChI=1S/C51H74ClN3O6/c1-32(2)42-37(57)29-51(53-45(59)55(27-26-54-24-10-11-25-54)30-33-12-14-34(52)15-13-33)23-22-49(8)35(43(42)51)16-17-39-48(7)20-19-40(47(5,6)38(48)18-21-50(39,49)9)61-44(58)36-28-41(60-31-56)46(36,3)4/h12-15,31-32,35-36,38-41H,10-11,16-30H2,1-9H3,(H,53,59)/t35-,36-,38+,39-,40+,41-,48+,49-,50-,51-/m1/s1. The Morgan fingerprint density at radius 1 is 0.885 bits per heavy atom. The maximum absolute atomic E-state index is 14.8. The summed E-state index contributed by atoms with van der Waals surface area (Å²) in [6.07, 6.45) is 10.7. The van der Waals surface area contributed by atoms with Crippen LogP contribution in [0.3, 0.4) is 0 Å². The molecule has 1 heterocycles. The highest BCUT2D eigenvalue weighted by molar-refractivity contribution is 6.30. The highest BCUT2D eigenvalue weighted by atomic mass is 35.5. The van der Waals surface area contributed by atoms with Gasteiger partial charge < -0.3 is 24.6 Å². The molecule has 1 saturated heterocycles. The molecule has 0 unspecified atom stereocenters. The molecule has 0 radical (unpaired) electrons. The van der Waals surface area contributed by atoms with Gasteiger partial charge in [0, 0.05) is 41.9 Å². The van der Waals surface area contributed by atoms with Crippen LogP contribution in [0.1, 0.15) is 145 Å². The maximum atomic E-state index is 14.8. The number of allylic oxidation sites excluding steroid dienone is 1. The smallest absolute Gasteiger partial charge is 0.318 e. The normalized spacial score (nSPS) is 38.7. The van der Waals surface area contributed by atoms with E-state index in [0.717, 1.165) is 82.1 Å². The number of carbonyl (C=O) groups is 4. The van der Waals surface area contributed by atoms with Gasteiger partial charge >= 0.3 is 12.0 Å². The molecule has 8 rings (SSSR count). The van der Waals surface area contributed by atoms with E-state index in [9.17, 15) is 19.2 Å². The zero-order valence-electron chi connectivity index (χ0n) is 38.7. The summed E-state index contributed by atoms with van der Waals surface area (Å²) in [4.78, 5) is 58.4. The van der Waals surface area contributed by atoms with Crippen molar-refractivity contribution in [3.05, 3.63) is 46.0 Å². The van der Waals surface area contributed by atoms with E-state index in [1.54, 1.807) is 0 Å². The number of halogens is 1. The molecule has 0 bridgehead atoms. The van der Waals surface area contributed by atoms with E-state index in [1.165, 1.54) is 18.4 Å². The summed E-state index contributed by atoms with van der Waals surface area (Å²) in [5, 5.41) is 4.35. The number of nitrogens with one attached hydrogen (secondary N) is 1. The first-order valence-corrected chi connectivity index (χ1v) is 24.2. The number of hydrogen-bond acceptors (Lipinski definition) is 7. The zero-order valence-corrected chi connectivity index (χ0v) is 39.4. The van der Waals surface area contributed by atoms with Crippen LogP contribution in [0.2, 0.25) is 5.02 Å². The summed E-state index contributed by atoms with van der Waals surface area (Å²) < 4.78 is 11.8. The minimum Gasteiger partial charge on any atom is -0.464 e. The monoisotopic (exact) mass is 860 g/mol. The Labute approximate surface area is 370 Å². The molecule has 1 aromatic rings. The van der Waals surface area contributed by atoms with Crippen molar-refractivity contribution >= 4 is 35.9 Å².